The normalized spacial score (nSPS) is 19.0. The zero-order chi connectivity index (χ0) is 15.4. The van der Waals surface area contributed by atoms with Crippen molar-refractivity contribution in [3.63, 3.8) is 0 Å². The van der Waals surface area contributed by atoms with Gasteiger partial charge < -0.3 is 15.3 Å². The van der Waals surface area contributed by atoms with Crippen molar-refractivity contribution in [1.82, 2.24) is 4.90 Å². The number of nitrogens with zero attached hydrogens (tertiary/aromatic N) is 1. The summed E-state index contributed by atoms with van der Waals surface area (Å²) >= 11 is 5.89. The van der Waals surface area contributed by atoms with Gasteiger partial charge in [-0.15, -0.1) is 0 Å². The van der Waals surface area contributed by atoms with Crippen LogP contribution in [0.15, 0.2) is 18.2 Å². The number of hydrogen-bond donors (Lipinski definition) is 2. The van der Waals surface area contributed by atoms with Crippen molar-refractivity contribution < 1.29 is 14.7 Å². The van der Waals surface area contributed by atoms with E-state index in [1.165, 1.54) is 12.1 Å². The lowest BCUT2D eigenvalue weighted by molar-refractivity contribution is 0.0697. The number of carboxylic acids is 1. The topological polar surface area (TPSA) is 69.6 Å². The maximum Gasteiger partial charge on any atom is 0.337 e. The molecule has 2 rings (SSSR count). The van der Waals surface area contributed by atoms with Gasteiger partial charge in [-0.25, -0.2) is 9.59 Å². The Labute approximate surface area is 128 Å². The van der Waals surface area contributed by atoms with E-state index in [2.05, 4.69) is 12.2 Å². The van der Waals surface area contributed by atoms with Gasteiger partial charge in [-0.2, -0.15) is 0 Å². The second kappa shape index (κ2) is 6.80. The molecule has 0 saturated carbocycles. The first-order valence-corrected chi connectivity index (χ1v) is 7.44. The minimum absolute atomic E-state index is 0.0262. The Morgan fingerprint density at radius 3 is 2.76 bits per heavy atom. The third-order valence-corrected chi connectivity index (χ3v) is 4.07. The average Bonchev–Trinajstić information content (AvgIpc) is 2.63. The molecular weight excluding hydrogens is 292 g/mol. The van der Waals surface area contributed by atoms with Crippen molar-refractivity contribution in [2.24, 2.45) is 5.92 Å². The number of hydrogen-bond acceptors (Lipinski definition) is 2. The molecule has 1 saturated heterocycles. The number of carbonyl (C=O) groups excluding carboxylic acids is 1. The molecule has 2 amide bonds. The molecule has 5 nitrogen and oxygen atoms in total. The molecule has 1 unspecified atom stereocenters. The van der Waals surface area contributed by atoms with E-state index in [4.69, 9.17) is 16.7 Å². The Morgan fingerprint density at radius 2 is 2.10 bits per heavy atom. The molecule has 2 N–H and O–H groups in total. The van der Waals surface area contributed by atoms with Crippen LogP contribution in [-0.2, 0) is 0 Å². The van der Waals surface area contributed by atoms with E-state index >= 15 is 0 Å². The van der Waals surface area contributed by atoms with Gasteiger partial charge in [0.15, 0.2) is 0 Å². The highest BCUT2D eigenvalue weighted by molar-refractivity contribution is 6.33. The quantitative estimate of drug-likeness (QED) is 0.875. The lowest BCUT2D eigenvalue weighted by atomic mass is 10.0. The van der Waals surface area contributed by atoms with E-state index in [0.717, 1.165) is 32.4 Å². The van der Waals surface area contributed by atoms with Gasteiger partial charge in [-0.05, 0) is 43.4 Å². The van der Waals surface area contributed by atoms with Gasteiger partial charge in [0.2, 0.25) is 0 Å². The highest BCUT2D eigenvalue weighted by Crippen LogP contribution is 2.22. The van der Waals surface area contributed by atoms with Crippen LogP contribution in [0.2, 0.25) is 5.02 Å². The number of halogens is 1. The summed E-state index contributed by atoms with van der Waals surface area (Å²) in [6.07, 6.45) is 3.16. The van der Waals surface area contributed by atoms with Crippen LogP contribution in [-0.4, -0.2) is 35.1 Å². The molecule has 0 spiro atoms. The molecule has 0 radical (unpaired) electrons. The number of anilines is 1. The fourth-order valence-corrected chi connectivity index (χ4v) is 2.70. The Bertz CT molecular complexity index is 548. The van der Waals surface area contributed by atoms with Gasteiger partial charge in [0.25, 0.3) is 0 Å². The van der Waals surface area contributed by atoms with Crippen LogP contribution in [0.3, 0.4) is 0 Å². The van der Waals surface area contributed by atoms with Crippen LogP contribution >= 0.6 is 11.6 Å². The molecule has 1 aliphatic heterocycles. The summed E-state index contributed by atoms with van der Waals surface area (Å²) in [4.78, 5) is 24.9. The standard InChI is InChI=1S/C15H19ClN2O3/c1-10-3-2-7-18(8-6-10)15(21)17-11-4-5-12(14(19)20)13(16)9-11/h4-5,9-10H,2-3,6-8H2,1H3,(H,17,21)(H,19,20). The Kier molecular flexibility index (Phi) is 5.07. The largest absolute Gasteiger partial charge is 0.478 e. The number of nitrogens with one attached hydrogen (secondary N) is 1. The van der Waals surface area contributed by atoms with Crippen molar-refractivity contribution in [2.45, 2.75) is 26.2 Å². The van der Waals surface area contributed by atoms with Crippen molar-refractivity contribution in [3.8, 4) is 0 Å². The second-order valence-corrected chi connectivity index (χ2v) is 5.86. The number of urea groups is 1. The molecule has 114 valence electrons. The van der Waals surface area contributed by atoms with Crippen LogP contribution in [0.5, 0.6) is 0 Å². The molecule has 1 aliphatic rings. The predicted molar refractivity (Wildman–Crippen MR) is 82.0 cm³/mol. The average molecular weight is 311 g/mol. The van der Waals surface area contributed by atoms with Crippen molar-refractivity contribution in [3.05, 3.63) is 28.8 Å². The van der Waals surface area contributed by atoms with E-state index in [9.17, 15) is 9.59 Å². The monoisotopic (exact) mass is 310 g/mol. The van der Waals surface area contributed by atoms with Crippen molar-refractivity contribution in [1.29, 1.82) is 0 Å². The van der Waals surface area contributed by atoms with Crippen molar-refractivity contribution >= 4 is 29.3 Å². The van der Waals surface area contributed by atoms with Crippen molar-refractivity contribution in [2.75, 3.05) is 18.4 Å². The first-order chi connectivity index (χ1) is 9.97. The number of carboxylic acid groups (broad SMARTS) is 1. The maximum absolute atomic E-state index is 12.2. The third-order valence-electron chi connectivity index (χ3n) is 3.75. The summed E-state index contributed by atoms with van der Waals surface area (Å²) in [6, 6.07) is 4.24. The van der Waals surface area contributed by atoms with Gasteiger partial charge >= 0.3 is 12.0 Å². The van der Waals surface area contributed by atoms with Crippen LogP contribution in [0, 0.1) is 5.92 Å². The summed E-state index contributed by atoms with van der Waals surface area (Å²) in [6.45, 7) is 3.69. The third kappa shape index (κ3) is 4.11. The SMILES string of the molecule is CC1CCCN(C(=O)Nc2ccc(C(=O)O)c(Cl)c2)CC1. The molecular formula is C15H19ClN2O3. The minimum atomic E-state index is -1.08. The van der Waals surface area contributed by atoms with Gasteiger partial charge in [-0.3, -0.25) is 0 Å². The molecule has 1 aromatic rings. The number of amides is 2. The van der Waals surface area contributed by atoms with Crippen LogP contribution < -0.4 is 5.32 Å². The lowest BCUT2D eigenvalue weighted by Gasteiger charge is -2.21. The van der Waals surface area contributed by atoms with E-state index < -0.39 is 5.97 Å². The molecule has 1 fully saturated rings. The maximum atomic E-state index is 12.2. The number of aromatic carboxylic acids is 1. The Balaban J connectivity index is 2.02. The number of likely N-dealkylation sites (tertiary alicyclic amines) is 1. The number of benzene rings is 1. The fraction of sp³-hybridized carbons (Fsp3) is 0.467. The summed E-state index contributed by atoms with van der Waals surface area (Å²) in [7, 11) is 0. The van der Waals surface area contributed by atoms with Gasteiger partial charge in [0.1, 0.15) is 0 Å². The van der Waals surface area contributed by atoms with E-state index in [1.54, 1.807) is 11.0 Å². The molecule has 6 heteroatoms. The molecule has 1 aromatic carbocycles. The summed E-state index contributed by atoms with van der Waals surface area (Å²) < 4.78 is 0. The zero-order valence-corrected chi connectivity index (χ0v) is 12.7. The summed E-state index contributed by atoms with van der Waals surface area (Å²) in [5.41, 5.74) is 0.533. The molecule has 0 bridgehead atoms. The van der Waals surface area contributed by atoms with Crippen LogP contribution in [0.1, 0.15) is 36.5 Å². The smallest absolute Gasteiger partial charge is 0.337 e. The molecule has 0 aliphatic carbocycles. The summed E-state index contributed by atoms with van der Waals surface area (Å²) in [5, 5.41) is 11.8. The van der Waals surface area contributed by atoms with Crippen LogP contribution in [0.4, 0.5) is 10.5 Å². The highest BCUT2D eigenvalue weighted by Gasteiger charge is 2.19. The Morgan fingerprint density at radius 1 is 1.33 bits per heavy atom. The first kappa shape index (κ1) is 15.6. The number of carbonyl (C=O) groups is 2. The number of rotatable bonds is 2. The van der Waals surface area contributed by atoms with Crippen LogP contribution in [0.25, 0.3) is 0 Å². The highest BCUT2D eigenvalue weighted by atomic mass is 35.5. The van der Waals surface area contributed by atoms with E-state index in [1.807, 2.05) is 0 Å². The molecule has 1 heterocycles. The zero-order valence-electron chi connectivity index (χ0n) is 11.9. The molecule has 21 heavy (non-hydrogen) atoms. The van der Waals surface area contributed by atoms with E-state index in [0.29, 0.717) is 11.6 Å². The first-order valence-electron chi connectivity index (χ1n) is 7.06. The fourth-order valence-electron chi connectivity index (χ4n) is 2.43. The Hall–Kier alpha value is -1.75. The summed E-state index contributed by atoms with van der Waals surface area (Å²) in [5.74, 6) is -0.438. The predicted octanol–water partition coefficient (Wildman–Crippen LogP) is 3.69. The van der Waals surface area contributed by atoms with Gasteiger partial charge in [0, 0.05) is 18.8 Å². The lowest BCUT2D eigenvalue weighted by Crippen LogP contribution is -2.35. The van der Waals surface area contributed by atoms with Gasteiger partial charge in [0.05, 0.1) is 10.6 Å². The second-order valence-electron chi connectivity index (χ2n) is 5.45. The molecule has 0 aromatic heterocycles. The minimum Gasteiger partial charge on any atom is -0.478 e. The van der Waals surface area contributed by atoms with Gasteiger partial charge in [-0.1, -0.05) is 18.5 Å². The van der Waals surface area contributed by atoms with E-state index in [-0.39, 0.29) is 16.6 Å². The molecule has 1 atom stereocenters.